The van der Waals surface area contributed by atoms with Gasteiger partial charge in [0.15, 0.2) is 0 Å². The molecule has 0 spiro atoms. The van der Waals surface area contributed by atoms with Crippen molar-refractivity contribution >= 4 is 23.5 Å². The SMILES string of the molecule is O=C(Nc1cccc(O)c1)C(=O)Nc1ncn[nH]1. The van der Waals surface area contributed by atoms with Gasteiger partial charge in [0.05, 0.1) is 0 Å². The first-order chi connectivity index (χ1) is 8.65. The van der Waals surface area contributed by atoms with Crippen LogP contribution in [0.3, 0.4) is 0 Å². The largest absolute Gasteiger partial charge is 0.508 e. The zero-order valence-electron chi connectivity index (χ0n) is 9.04. The molecule has 18 heavy (non-hydrogen) atoms. The second-order valence-corrected chi connectivity index (χ2v) is 3.29. The van der Waals surface area contributed by atoms with Crippen molar-refractivity contribution in [2.75, 3.05) is 10.6 Å². The predicted molar refractivity (Wildman–Crippen MR) is 61.7 cm³/mol. The number of aromatic amines is 1. The number of anilines is 2. The Morgan fingerprint density at radius 3 is 2.67 bits per heavy atom. The molecule has 2 amide bonds. The summed E-state index contributed by atoms with van der Waals surface area (Å²) in [6, 6.07) is 5.85. The van der Waals surface area contributed by atoms with Crippen molar-refractivity contribution in [2.24, 2.45) is 0 Å². The van der Waals surface area contributed by atoms with E-state index >= 15 is 0 Å². The van der Waals surface area contributed by atoms with E-state index in [0.717, 1.165) is 0 Å². The monoisotopic (exact) mass is 247 g/mol. The number of aromatic nitrogens is 3. The lowest BCUT2D eigenvalue weighted by atomic mass is 10.3. The van der Waals surface area contributed by atoms with Crippen LogP contribution in [0.5, 0.6) is 5.75 Å². The Labute approximate surface area is 101 Å². The van der Waals surface area contributed by atoms with Crippen LogP contribution >= 0.6 is 0 Å². The van der Waals surface area contributed by atoms with Crippen LogP contribution in [0.2, 0.25) is 0 Å². The number of nitrogens with zero attached hydrogens (tertiary/aromatic N) is 2. The molecule has 0 aliphatic carbocycles. The number of hydrogen-bond acceptors (Lipinski definition) is 5. The fourth-order valence-corrected chi connectivity index (χ4v) is 1.20. The smallest absolute Gasteiger partial charge is 0.316 e. The van der Waals surface area contributed by atoms with Gasteiger partial charge in [0.25, 0.3) is 0 Å². The summed E-state index contributed by atoms with van der Waals surface area (Å²) in [6.07, 6.45) is 1.20. The van der Waals surface area contributed by atoms with Crippen LogP contribution in [0, 0.1) is 0 Å². The number of nitrogens with one attached hydrogen (secondary N) is 3. The number of hydrogen-bond donors (Lipinski definition) is 4. The van der Waals surface area contributed by atoms with Gasteiger partial charge in [-0.3, -0.25) is 14.9 Å². The van der Waals surface area contributed by atoms with Gasteiger partial charge in [-0.15, -0.1) is 0 Å². The number of phenols is 1. The molecule has 0 bridgehead atoms. The number of H-pyrrole nitrogens is 1. The molecular weight excluding hydrogens is 238 g/mol. The zero-order valence-corrected chi connectivity index (χ0v) is 9.04. The zero-order chi connectivity index (χ0) is 13.0. The predicted octanol–water partition coefficient (Wildman–Crippen LogP) is 0.0875. The Kier molecular flexibility index (Phi) is 3.19. The van der Waals surface area contributed by atoms with Gasteiger partial charge < -0.3 is 10.4 Å². The molecule has 4 N–H and O–H groups in total. The lowest BCUT2D eigenvalue weighted by Crippen LogP contribution is -2.29. The summed E-state index contributed by atoms with van der Waals surface area (Å²) in [5.74, 6) is -1.71. The molecular formula is C10H9N5O3. The van der Waals surface area contributed by atoms with Crippen LogP contribution in [0.25, 0.3) is 0 Å². The normalized spacial score (nSPS) is 9.78. The number of amides is 2. The molecule has 2 aromatic rings. The Morgan fingerprint density at radius 1 is 1.22 bits per heavy atom. The van der Waals surface area contributed by atoms with Gasteiger partial charge in [-0.2, -0.15) is 10.1 Å². The molecule has 1 heterocycles. The van der Waals surface area contributed by atoms with Crippen LogP contribution in [0.1, 0.15) is 0 Å². The highest BCUT2D eigenvalue weighted by Gasteiger charge is 2.15. The average molecular weight is 247 g/mol. The highest BCUT2D eigenvalue weighted by molar-refractivity contribution is 6.43. The van der Waals surface area contributed by atoms with E-state index in [9.17, 15) is 14.7 Å². The van der Waals surface area contributed by atoms with Crippen LogP contribution in [-0.4, -0.2) is 32.1 Å². The number of benzene rings is 1. The molecule has 0 aliphatic heterocycles. The Bertz CT molecular complexity index is 567. The van der Waals surface area contributed by atoms with E-state index in [2.05, 4.69) is 25.8 Å². The van der Waals surface area contributed by atoms with Crippen molar-refractivity contribution in [3.05, 3.63) is 30.6 Å². The molecule has 0 aliphatic rings. The quantitative estimate of drug-likeness (QED) is 0.560. The summed E-state index contributed by atoms with van der Waals surface area (Å²) in [5.41, 5.74) is 0.313. The molecule has 1 aromatic carbocycles. The van der Waals surface area contributed by atoms with Gasteiger partial charge in [-0.05, 0) is 12.1 Å². The van der Waals surface area contributed by atoms with Gasteiger partial charge in [0.2, 0.25) is 5.95 Å². The topological polar surface area (TPSA) is 120 Å². The molecule has 92 valence electrons. The van der Waals surface area contributed by atoms with E-state index in [1.54, 1.807) is 12.1 Å². The maximum Gasteiger partial charge on any atom is 0.316 e. The molecule has 2 rings (SSSR count). The van der Waals surface area contributed by atoms with Gasteiger partial charge in [-0.25, -0.2) is 5.10 Å². The fourth-order valence-electron chi connectivity index (χ4n) is 1.20. The van der Waals surface area contributed by atoms with Crippen LogP contribution in [-0.2, 0) is 9.59 Å². The Balaban J connectivity index is 1.97. The van der Waals surface area contributed by atoms with E-state index in [-0.39, 0.29) is 11.7 Å². The molecule has 0 saturated carbocycles. The Hall–Kier alpha value is -2.90. The first-order valence-corrected chi connectivity index (χ1v) is 4.92. The molecule has 8 nitrogen and oxygen atoms in total. The third-order valence-corrected chi connectivity index (χ3v) is 1.96. The van der Waals surface area contributed by atoms with Crippen LogP contribution in [0.4, 0.5) is 11.6 Å². The molecule has 0 saturated heterocycles. The van der Waals surface area contributed by atoms with Crippen LogP contribution in [0.15, 0.2) is 30.6 Å². The molecule has 0 atom stereocenters. The van der Waals surface area contributed by atoms with E-state index in [0.29, 0.717) is 5.69 Å². The number of rotatable bonds is 2. The van der Waals surface area contributed by atoms with E-state index in [1.807, 2.05) is 0 Å². The second kappa shape index (κ2) is 4.95. The van der Waals surface area contributed by atoms with Crippen molar-refractivity contribution in [3.8, 4) is 5.75 Å². The minimum atomic E-state index is -0.893. The first-order valence-electron chi connectivity index (χ1n) is 4.92. The third-order valence-electron chi connectivity index (χ3n) is 1.96. The van der Waals surface area contributed by atoms with Crippen molar-refractivity contribution in [1.82, 2.24) is 15.2 Å². The summed E-state index contributed by atoms with van der Waals surface area (Å²) in [5, 5.41) is 19.6. The summed E-state index contributed by atoms with van der Waals surface area (Å²) in [7, 11) is 0. The van der Waals surface area contributed by atoms with E-state index in [1.165, 1.54) is 18.5 Å². The van der Waals surface area contributed by atoms with Crippen LogP contribution < -0.4 is 10.6 Å². The number of carbonyl (C=O) groups excluding carboxylic acids is 2. The first kappa shape index (κ1) is 11.6. The average Bonchev–Trinajstić information content (AvgIpc) is 2.81. The van der Waals surface area contributed by atoms with Crippen molar-refractivity contribution in [3.63, 3.8) is 0 Å². The lowest BCUT2D eigenvalue weighted by Gasteiger charge is -2.04. The van der Waals surface area contributed by atoms with Crippen molar-refractivity contribution in [1.29, 1.82) is 0 Å². The fraction of sp³-hybridized carbons (Fsp3) is 0. The molecule has 8 heteroatoms. The molecule has 0 radical (unpaired) electrons. The highest BCUT2D eigenvalue weighted by Crippen LogP contribution is 2.15. The third kappa shape index (κ3) is 2.82. The van der Waals surface area contributed by atoms with Crippen molar-refractivity contribution < 1.29 is 14.7 Å². The maximum atomic E-state index is 11.5. The standard InChI is InChI=1S/C10H9N5O3/c16-7-3-1-2-6(4-7)13-8(17)9(18)14-10-11-5-12-15-10/h1-5,16H,(H,13,17)(H2,11,12,14,15,18). The summed E-state index contributed by atoms with van der Waals surface area (Å²) in [4.78, 5) is 26.6. The number of carbonyl (C=O) groups is 2. The number of aromatic hydroxyl groups is 1. The van der Waals surface area contributed by atoms with Gasteiger partial charge in [-0.1, -0.05) is 6.07 Å². The summed E-state index contributed by atoms with van der Waals surface area (Å²) in [6.45, 7) is 0. The minimum Gasteiger partial charge on any atom is -0.508 e. The molecule has 0 fully saturated rings. The minimum absolute atomic E-state index is 0.0107. The van der Waals surface area contributed by atoms with Gasteiger partial charge in [0.1, 0.15) is 12.1 Å². The summed E-state index contributed by atoms with van der Waals surface area (Å²) < 4.78 is 0. The number of phenolic OH excluding ortho intramolecular Hbond substituents is 1. The van der Waals surface area contributed by atoms with Gasteiger partial charge in [0, 0.05) is 11.8 Å². The lowest BCUT2D eigenvalue weighted by molar-refractivity contribution is -0.133. The second-order valence-electron chi connectivity index (χ2n) is 3.29. The Morgan fingerprint density at radius 2 is 2.00 bits per heavy atom. The van der Waals surface area contributed by atoms with E-state index in [4.69, 9.17) is 0 Å². The molecule has 1 aromatic heterocycles. The molecule has 0 unspecified atom stereocenters. The highest BCUT2D eigenvalue weighted by atomic mass is 16.3. The maximum absolute atomic E-state index is 11.5. The summed E-state index contributed by atoms with van der Waals surface area (Å²) >= 11 is 0. The van der Waals surface area contributed by atoms with Crippen molar-refractivity contribution in [2.45, 2.75) is 0 Å². The van der Waals surface area contributed by atoms with E-state index < -0.39 is 11.8 Å². The van der Waals surface area contributed by atoms with Gasteiger partial charge >= 0.3 is 11.8 Å².